The minimum absolute atomic E-state index is 0.289. The van der Waals surface area contributed by atoms with Crippen molar-refractivity contribution < 1.29 is 9.53 Å². The summed E-state index contributed by atoms with van der Waals surface area (Å²) in [5.41, 5.74) is 5.94. The van der Waals surface area contributed by atoms with E-state index in [1.807, 2.05) is 5.38 Å². The molecule has 2 heterocycles. The molecule has 0 saturated carbocycles. The number of thiazole rings is 1. The van der Waals surface area contributed by atoms with Crippen molar-refractivity contribution in [3.63, 3.8) is 0 Å². The Morgan fingerprint density at radius 3 is 2.56 bits per heavy atom. The van der Waals surface area contributed by atoms with Crippen LogP contribution in [0, 0.1) is 20.8 Å². The Hall–Kier alpha value is -2.67. The van der Waals surface area contributed by atoms with Crippen molar-refractivity contribution in [1.29, 1.82) is 0 Å². The second kappa shape index (κ2) is 6.68. The maximum Gasteiger partial charge on any atom is 0.264 e. The molecule has 0 aliphatic rings. The van der Waals surface area contributed by atoms with Crippen LogP contribution in [0.3, 0.4) is 0 Å². The van der Waals surface area contributed by atoms with Gasteiger partial charge in [0.15, 0.2) is 5.13 Å². The third kappa shape index (κ3) is 3.41. The van der Waals surface area contributed by atoms with Crippen molar-refractivity contribution >= 4 is 22.4 Å². The van der Waals surface area contributed by atoms with Gasteiger partial charge in [0, 0.05) is 24.2 Å². The van der Waals surface area contributed by atoms with Gasteiger partial charge in [-0.1, -0.05) is 17.7 Å². The van der Waals surface area contributed by atoms with Gasteiger partial charge in [-0.3, -0.25) is 14.8 Å². The van der Waals surface area contributed by atoms with Gasteiger partial charge in [-0.15, -0.1) is 16.4 Å². The number of ether oxygens (including phenoxy) is 1. The molecular formula is C18H20N4O2S. The van der Waals surface area contributed by atoms with Crippen LogP contribution in [0.4, 0.5) is 5.13 Å². The van der Waals surface area contributed by atoms with Crippen molar-refractivity contribution in [3.8, 4) is 17.1 Å². The molecule has 0 unspecified atom stereocenters. The second-order valence-corrected chi connectivity index (χ2v) is 6.85. The standard InChI is InChI=1S/C18H20N4O2S/c1-10-6-11(2)15(12(3)7-10)14-9-25-18(19-14)20-16(23)13-8-22(4)21-17(13)24-5/h6-9H,1-5H3,(H,19,20,23). The summed E-state index contributed by atoms with van der Waals surface area (Å²) < 4.78 is 6.67. The van der Waals surface area contributed by atoms with Gasteiger partial charge in [0.2, 0.25) is 5.88 Å². The molecule has 0 aliphatic carbocycles. The fourth-order valence-corrected chi connectivity index (χ4v) is 3.67. The molecule has 3 aromatic rings. The SMILES string of the molecule is COc1nn(C)cc1C(=O)Nc1nc(-c2c(C)cc(C)cc2C)cs1. The molecule has 0 spiro atoms. The number of amides is 1. The zero-order chi connectivity index (χ0) is 18.1. The number of carbonyl (C=O) groups excluding carboxylic acids is 1. The van der Waals surface area contributed by atoms with Crippen LogP contribution in [0.25, 0.3) is 11.3 Å². The largest absolute Gasteiger partial charge is 0.479 e. The zero-order valence-electron chi connectivity index (χ0n) is 14.9. The average Bonchev–Trinajstić information content (AvgIpc) is 3.12. The number of hydrogen-bond acceptors (Lipinski definition) is 5. The second-order valence-electron chi connectivity index (χ2n) is 5.99. The lowest BCUT2D eigenvalue weighted by Gasteiger charge is -2.08. The summed E-state index contributed by atoms with van der Waals surface area (Å²) in [6.45, 7) is 6.23. The fraction of sp³-hybridized carbons (Fsp3) is 0.278. The van der Waals surface area contributed by atoms with E-state index in [4.69, 9.17) is 4.74 Å². The molecular weight excluding hydrogens is 336 g/mol. The molecule has 1 amide bonds. The third-order valence-electron chi connectivity index (χ3n) is 3.89. The molecule has 7 heteroatoms. The van der Waals surface area contributed by atoms with E-state index >= 15 is 0 Å². The first-order chi connectivity index (χ1) is 11.9. The van der Waals surface area contributed by atoms with Crippen molar-refractivity contribution in [2.45, 2.75) is 20.8 Å². The summed E-state index contributed by atoms with van der Waals surface area (Å²) in [6.07, 6.45) is 1.62. The van der Waals surface area contributed by atoms with E-state index in [0.717, 1.165) is 11.3 Å². The topological polar surface area (TPSA) is 69.0 Å². The molecule has 3 rings (SSSR count). The number of aromatic nitrogens is 3. The first-order valence-corrected chi connectivity index (χ1v) is 8.69. The van der Waals surface area contributed by atoms with Crippen LogP contribution < -0.4 is 10.1 Å². The van der Waals surface area contributed by atoms with Crippen LogP contribution in [-0.2, 0) is 7.05 Å². The Morgan fingerprint density at radius 2 is 1.92 bits per heavy atom. The maximum atomic E-state index is 12.5. The molecule has 0 bridgehead atoms. The van der Waals surface area contributed by atoms with E-state index in [9.17, 15) is 4.79 Å². The van der Waals surface area contributed by atoms with Crippen LogP contribution >= 0.6 is 11.3 Å². The van der Waals surface area contributed by atoms with Gasteiger partial charge in [0.25, 0.3) is 5.91 Å². The maximum absolute atomic E-state index is 12.5. The lowest BCUT2D eigenvalue weighted by Crippen LogP contribution is -2.12. The number of methoxy groups -OCH3 is 1. The van der Waals surface area contributed by atoms with Gasteiger partial charge in [0.05, 0.1) is 12.8 Å². The molecule has 2 aromatic heterocycles. The van der Waals surface area contributed by atoms with Crippen LogP contribution in [0.2, 0.25) is 0 Å². The highest BCUT2D eigenvalue weighted by Crippen LogP contribution is 2.31. The summed E-state index contributed by atoms with van der Waals surface area (Å²) in [6, 6.07) is 4.28. The van der Waals surface area contributed by atoms with Gasteiger partial charge in [-0.05, 0) is 31.9 Å². The first kappa shape index (κ1) is 17.2. The number of rotatable bonds is 4. The zero-order valence-corrected chi connectivity index (χ0v) is 15.7. The summed E-state index contributed by atoms with van der Waals surface area (Å²) >= 11 is 1.40. The highest BCUT2D eigenvalue weighted by molar-refractivity contribution is 7.14. The monoisotopic (exact) mass is 356 g/mol. The number of anilines is 1. The van der Waals surface area contributed by atoms with Crippen molar-refractivity contribution in [1.82, 2.24) is 14.8 Å². The number of carbonyl (C=O) groups is 1. The number of nitrogens with zero attached hydrogens (tertiary/aromatic N) is 3. The van der Waals surface area contributed by atoms with E-state index in [1.54, 1.807) is 17.9 Å². The molecule has 1 aromatic carbocycles. The van der Waals surface area contributed by atoms with Crippen LogP contribution in [0.1, 0.15) is 27.0 Å². The highest BCUT2D eigenvalue weighted by atomic mass is 32.1. The number of hydrogen-bond donors (Lipinski definition) is 1. The number of nitrogens with one attached hydrogen (secondary N) is 1. The fourth-order valence-electron chi connectivity index (χ4n) is 2.97. The quantitative estimate of drug-likeness (QED) is 0.773. The third-order valence-corrected chi connectivity index (χ3v) is 4.65. The predicted molar refractivity (Wildman–Crippen MR) is 99.5 cm³/mol. The van der Waals surface area contributed by atoms with E-state index < -0.39 is 0 Å². The van der Waals surface area contributed by atoms with Crippen LogP contribution in [-0.4, -0.2) is 27.8 Å². The van der Waals surface area contributed by atoms with Crippen molar-refractivity contribution in [3.05, 3.63) is 46.0 Å². The average molecular weight is 356 g/mol. The van der Waals surface area contributed by atoms with Gasteiger partial charge in [0.1, 0.15) is 5.56 Å². The van der Waals surface area contributed by atoms with Crippen molar-refractivity contribution in [2.24, 2.45) is 7.05 Å². The minimum atomic E-state index is -0.289. The molecule has 0 radical (unpaired) electrons. The summed E-state index contributed by atoms with van der Waals surface area (Å²) in [5, 5.41) is 9.42. The van der Waals surface area contributed by atoms with Crippen LogP contribution in [0.5, 0.6) is 5.88 Å². The summed E-state index contributed by atoms with van der Waals surface area (Å²) in [5.74, 6) is 0.00482. The molecule has 0 fully saturated rings. The Balaban J connectivity index is 1.86. The number of aryl methyl sites for hydroxylation is 4. The first-order valence-electron chi connectivity index (χ1n) is 7.81. The molecule has 25 heavy (non-hydrogen) atoms. The Morgan fingerprint density at radius 1 is 1.24 bits per heavy atom. The molecule has 6 nitrogen and oxygen atoms in total. The lowest BCUT2D eigenvalue weighted by molar-refractivity contribution is 0.102. The molecule has 130 valence electrons. The molecule has 0 aliphatic heterocycles. The summed E-state index contributed by atoms with van der Waals surface area (Å²) in [7, 11) is 3.23. The summed E-state index contributed by atoms with van der Waals surface area (Å²) in [4.78, 5) is 17.0. The Labute approximate surface area is 150 Å². The van der Waals surface area contributed by atoms with E-state index in [0.29, 0.717) is 16.6 Å². The van der Waals surface area contributed by atoms with E-state index in [1.165, 1.54) is 35.1 Å². The molecule has 0 atom stereocenters. The van der Waals surface area contributed by atoms with Crippen molar-refractivity contribution in [2.75, 3.05) is 12.4 Å². The smallest absolute Gasteiger partial charge is 0.264 e. The number of benzene rings is 1. The van der Waals surface area contributed by atoms with Gasteiger partial charge in [-0.2, -0.15) is 0 Å². The molecule has 0 saturated heterocycles. The normalized spacial score (nSPS) is 10.8. The Kier molecular flexibility index (Phi) is 4.59. The lowest BCUT2D eigenvalue weighted by atomic mass is 9.98. The Bertz CT molecular complexity index is 919. The van der Waals surface area contributed by atoms with Gasteiger partial charge >= 0.3 is 0 Å². The molecule has 1 N–H and O–H groups in total. The van der Waals surface area contributed by atoms with Gasteiger partial charge < -0.3 is 4.74 Å². The highest BCUT2D eigenvalue weighted by Gasteiger charge is 2.18. The van der Waals surface area contributed by atoms with E-state index in [2.05, 4.69) is 48.3 Å². The van der Waals surface area contributed by atoms with Crippen LogP contribution in [0.15, 0.2) is 23.7 Å². The van der Waals surface area contributed by atoms with E-state index in [-0.39, 0.29) is 5.91 Å². The van der Waals surface area contributed by atoms with Gasteiger partial charge in [-0.25, -0.2) is 4.98 Å². The predicted octanol–water partition coefficient (Wildman–Crippen LogP) is 3.73. The minimum Gasteiger partial charge on any atom is -0.479 e.